The monoisotopic (exact) mass is 364 g/mol. The molecule has 1 unspecified atom stereocenters. The maximum absolute atomic E-state index is 11.1. The largest absolute Gasteiger partial charge is 0.458 e. The van der Waals surface area contributed by atoms with Crippen LogP contribution in [0.15, 0.2) is 10.5 Å². The Morgan fingerprint density at radius 2 is 2.24 bits per heavy atom. The van der Waals surface area contributed by atoms with Crippen molar-refractivity contribution in [2.24, 2.45) is 0 Å². The van der Waals surface area contributed by atoms with Crippen LogP contribution in [0.1, 0.15) is 38.4 Å². The molecule has 0 saturated heterocycles. The number of rotatable bonds is 4. The SMILES string of the molecule is C=c1oc(=C(Br)Br)cc1C(CCC)OC(C)=O. The van der Waals surface area contributed by atoms with Crippen molar-refractivity contribution in [1.82, 2.24) is 0 Å². The molecule has 17 heavy (non-hydrogen) atoms. The van der Waals surface area contributed by atoms with Crippen LogP contribution in [-0.4, -0.2) is 5.97 Å². The van der Waals surface area contributed by atoms with Gasteiger partial charge in [0.1, 0.15) is 20.3 Å². The Labute approximate surface area is 117 Å². The van der Waals surface area contributed by atoms with Crippen LogP contribution in [0.3, 0.4) is 0 Å². The van der Waals surface area contributed by atoms with Gasteiger partial charge >= 0.3 is 5.97 Å². The van der Waals surface area contributed by atoms with Crippen molar-refractivity contribution >= 4 is 47.8 Å². The summed E-state index contributed by atoms with van der Waals surface area (Å²) in [6.07, 6.45) is 1.37. The second-order valence-corrected chi connectivity index (χ2v) is 6.29. The fourth-order valence-corrected chi connectivity index (χ4v) is 1.94. The highest BCUT2D eigenvalue weighted by molar-refractivity contribution is 9.33. The molecule has 1 aromatic heterocycles. The van der Waals surface area contributed by atoms with Crippen molar-refractivity contribution in [1.29, 1.82) is 0 Å². The number of carbonyl (C=O) groups excluding carboxylic acids is 1. The number of carbonyl (C=O) groups is 1. The normalized spacial score (nSPS) is 12.2. The first-order valence-electron chi connectivity index (χ1n) is 5.27. The molecule has 1 heterocycles. The second-order valence-electron chi connectivity index (χ2n) is 3.64. The van der Waals surface area contributed by atoms with E-state index in [1.807, 2.05) is 13.0 Å². The molecule has 0 aromatic carbocycles. The molecule has 1 rings (SSSR count). The van der Waals surface area contributed by atoms with Gasteiger partial charge in [-0.1, -0.05) is 19.9 Å². The van der Waals surface area contributed by atoms with Gasteiger partial charge in [0.15, 0.2) is 0 Å². The minimum atomic E-state index is -0.299. The minimum Gasteiger partial charge on any atom is -0.458 e. The lowest BCUT2D eigenvalue weighted by Gasteiger charge is -2.14. The van der Waals surface area contributed by atoms with Crippen LogP contribution >= 0.6 is 31.9 Å². The van der Waals surface area contributed by atoms with Crippen LogP contribution in [0.5, 0.6) is 0 Å². The Morgan fingerprint density at radius 3 is 2.65 bits per heavy atom. The van der Waals surface area contributed by atoms with E-state index >= 15 is 0 Å². The van der Waals surface area contributed by atoms with E-state index in [9.17, 15) is 4.79 Å². The Kier molecular flexibility index (Phi) is 5.46. The first kappa shape index (κ1) is 14.5. The van der Waals surface area contributed by atoms with Crippen LogP contribution in [0.25, 0.3) is 9.97 Å². The Morgan fingerprint density at radius 1 is 1.59 bits per heavy atom. The summed E-state index contributed by atoms with van der Waals surface area (Å²) in [6, 6.07) is 1.82. The molecule has 1 aromatic rings. The van der Waals surface area contributed by atoms with Crippen LogP contribution in [0, 0.1) is 0 Å². The third kappa shape index (κ3) is 4.00. The van der Waals surface area contributed by atoms with Gasteiger partial charge in [0, 0.05) is 12.5 Å². The summed E-state index contributed by atoms with van der Waals surface area (Å²) in [4.78, 5) is 11.1. The Balaban J connectivity index is 3.14. The fourth-order valence-electron chi connectivity index (χ4n) is 1.55. The van der Waals surface area contributed by atoms with E-state index < -0.39 is 0 Å². The van der Waals surface area contributed by atoms with Crippen LogP contribution < -0.4 is 10.8 Å². The minimum absolute atomic E-state index is 0.290. The van der Waals surface area contributed by atoms with E-state index in [2.05, 4.69) is 38.4 Å². The fraction of sp³-hybridized carbons (Fsp3) is 0.417. The third-order valence-electron chi connectivity index (χ3n) is 2.23. The van der Waals surface area contributed by atoms with Gasteiger partial charge in [0.2, 0.25) is 0 Å². The van der Waals surface area contributed by atoms with Gasteiger partial charge in [-0.15, -0.1) is 0 Å². The van der Waals surface area contributed by atoms with Gasteiger partial charge in [0.25, 0.3) is 0 Å². The lowest BCUT2D eigenvalue weighted by Crippen LogP contribution is -2.14. The molecule has 0 radical (unpaired) electrons. The smallest absolute Gasteiger partial charge is 0.303 e. The van der Waals surface area contributed by atoms with Gasteiger partial charge < -0.3 is 9.15 Å². The number of hydrogen-bond donors (Lipinski definition) is 0. The highest BCUT2D eigenvalue weighted by Gasteiger charge is 2.17. The van der Waals surface area contributed by atoms with Crippen LogP contribution in [-0.2, 0) is 9.53 Å². The number of hydrogen-bond acceptors (Lipinski definition) is 3. The van der Waals surface area contributed by atoms with Crippen LogP contribution in [0.2, 0.25) is 0 Å². The standard InChI is InChI=1S/C12H14Br2O3/c1-4-5-10(17-8(3)15)9-6-11(12(13)14)16-7(9)2/h6,10H,2,4-5H2,1,3H3. The van der Waals surface area contributed by atoms with Gasteiger partial charge in [-0.05, 0) is 44.3 Å². The maximum Gasteiger partial charge on any atom is 0.303 e. The van der Waals surface area contributed by atoms with E-state index in [1.165, 1.54) is 6.92 Å². The van der Waals surface area contributed by atoms with Crippen LogP contribution in [0.4, 0.5) is 0 Å². The first-order chi connectivity index (χ1) is 7.95. The third-order valence-corrected chi connectivity index (χ3v) is 3.02. The lowest BCUT2D eigenvalue weighted by atomic mass is 10.1. The van der Waals surface area contributed by atoms with Crippen molar-refractivity contribution < 1.29 is 13.9 Å². The molecule has 0 aliphatic rings. The van der Waals surface area contributed by atoms with E-state index in [0.29, 0.717) is 14.2 Å². The molecular weight excluding hydrogens is 352 g/mol. The molecule has 0 aliphatic carbocycles. The summed E-state index contributed by atoms with van der Waals surface area (Å²) >= 11 is 6.55. The van der Waals surface area contributed by atoms with Crippen molar-refractivity contribution in [3.63, 3.8) is 0 Å². The Hall–Kier alpha value is -0.550. The topological polar surface area (TPSA) is 39.4 Å². The van der Waals surface area contributed by atoms with Crippen molar-refractivity contribution in [3.8, 4) is 0 Å². The zero-order valence-electron chi connectivity index (χ0n) is 9.76. The average Bonchev–Trinajstić information content (AvgIpc) is 2.59. The quantitative estimate of drug-likeness (QED) is 0.770. The predicted octanol–water partition coefficient (Wildman–Crippen LogP) is 2.95. The van der Waals surface area contributed by atoms with E-state index in [4.69, 9.17) is 9.15 Å². The number of furan rings is 1. The van der Waals surface area contributed by atoms with Gasteiger partial charge in [-0.25, -0.2) is 0 Å². The maximum atomic E-state index is 11.1. The molecular formula is C12H14Br2O3. The molecule has 94 valence electrons. The van der Waals surface area contributed by atoms with Crippen molar-refractivity contribution in [2.75, 3.05) is 0 Å². The number of ether oxygens (including phenoxy) is 1. The van der Waals surface area contributed by atoms with E-state index in [-0.39, 0.29) is 12.1 Å². The summed E-state index contributed by atoms with van der Waals surface area (Å²) < 4.78 is 11.4. The van der Waals surface area contributed by atoms with Crippen molar-refractivity contribution in [2.45, 2.75) is 32.8 Å². The molecule has 5 heteroatoms. The molecule has 0 amide bonds. The summed E-state index contributed by atoms with van der Waals surface area (Å²) in [5, 5.41) is 0. The van der Waals surface area contributed by atoms with E-state index in [1.54, 1.807) is 0 Å². The molecule has 0 aliphatic heterocycles. The number of halogens is 2. The molecule has 0 spiro atoms. The summed E-state index contributed by atoms with van der Waals surface area (Å²) in [5.41, 5.74) is 1.97. The number of esters is 1. The summed E-state index contributed by atoms with van der Waals surface area (Å²) in [7, 11) is 0. The Bertz CT molecular complexity index is 500. The summed E-state index contributed by atoms with van der Waals surface area (Å²) in [5.74, 6) is -0.299. The molecule has 0 N–H and O–H groups in total. The van der Waals surface area contributed by atoms with Crippen molar-refractivity contribution in [3.05, 3.63) is 22.5 Å². The zero-order valence-corrected chi connectivity index (χ0v) is 12.9. The second kappa shape index (κ2) is 6.40. The highest BCUT2D eigenvalue weighted by Crippen LogP contribution is 2.20. The molecule has 0 fully saturated rings. The zero-order chi connectivity index (χ0) is 13.0. The lowest BCUT2D eigenvalue weighted by molar-refractivity contribution is -0.147. The summed E-state index contributed by atoms with van der Waals surface area (Å²) in [6.45, 7) is 7.26. The van der Waals surface area contributed by atoms with E-state index in [0.717, 1.165) is 18.4 Å². The molecule has 0 saturated carbocycles. The molecule has 3 nitrogen and oxygen atoms in total. The first-order valence-corrected chi connectivity index (χ1v) is 6.85. The van der Waals surface area contributed by atoms with Gasteiger partial charge in [-0.2, -0.15) is 0 Å². The highest BCUT2D eigenvalue weighted by atomic mass is 79.9. The predicted molar refractivity (Wildman–Crippen MR) is 74.2 cm³/mol. The van der Waals surface area contributed by atoms with Gasteiger partial charge in [0.05, 0.1) is 0 Å². The molecule has 1 atom stereocenters. The average molecular weight is 366 g/mol. The molecule has 0 bridgehead atoms. The van der Waals surface area contributed by atoms with Gasteiger partial charge in [-0.3, -0.25) is 4.79 Å².